The normalized spacial score (nSPS) is 20.6. The Kier molecular flexibility index (Phi) is 5.29. The van der Waals surface area contributed by atoms with Crippen LogP contribution in [0.1, 0.15) is 43.2 Å². The Hall–Kier alpha value is -2.54. The molecule has 2 saturated heterocycles. The van der Waals surface area contributed by atoms with Gasteiger partial charge in [-0.05, 0) is 44.7 Å². The van der Waals surface area contributed by atoms with Crippen molar-refractivity contribution in [3.05, 3.63) is 42.0 Å². The van der Waals surface area contributed by atoms with Crippen LogP contribution in [0.4, 0.5) is 11.6 Å². The molecule has 2 aliphatic rings. The molecule has 142 valence electrons. The molecule has 27 heavy (non-hydrogen) atoms. The average molecular weight is 367 g/mol. The van der Waals surface area contributed by atoms with Gasteiger partial charge in [0.2, 0.25) is 5.91 Å². The number of pyridine rings is 1. The molecule has 2 aliphatic heterocycles. The number of hydrogen-bond acceptors (Lipinski definition) is 6. The first kappa shape index (κ1) is 17.9. The van der Waals surface area contributed by atoms with Crippen LogP contribution in [0.3, 0.4) is 0 Å². The van der Waals surface area contributed by atoms with E-state index < -0.39 is 0 Å². The van der Waals surface area contributed by atoms with Gasteiger partial charge in [-0.15, -0.1) is 0 Å². The molecule has 7 heteroatoms. The molecular formula is C20H25N5O2. The molecule has 0 spiro atoms. The van der Waals surface area contributed by atoms with Crippen LogP contribution in [0, 0.1) is 12.8 Å². The highest BCUT2D eigenvalue weighted by atomic mass is 16.5. The van der Waals surface area contributed by atoms with Gasteiger partial charge in [-0.3, -0.25) is 4.79 Å². The third-order valence-corrected chi connectivity index (χ3v) is 5.23. The lowest BCUT2D eigenvalue weighted by Crippen LogP contribution is -2.38. The van der Waals surface area contributed by atoms with E-state index in [1.165, 1.54) is 0 Å². The van der Waals surface area contributed by atoms with Crippen molar-refractivity contribution >= 4 is 17.5 Å². The lowest BCUT2D eigenvalue weighted by molar-refractivity contribution is -0.139. The second kappa shape index (κ2) is 8.00. The van der Waals surface area contributed by atoms with Crippen LogP contribution < -0.4 is 5.32 Å². The van der Waals surface area contributed by atoms with Crippen LogP contribution in [0.15, 0.2) is 30.5 Å². The zero-order chi connectivity index (χ0) is 18.6. The van der Waals surface area contributed by atoms with E-state index in [1.807, 2.05) is 36.1 Å². The zero-order valence-corrected chi connectivity index (χ0v) is 15.6. The number of aryl methyl sites for hydroxylation is 1. The van der Waals surface area contributed by atoms with Crippen molar-refractivity contribution in [1.29, 1.82) is 0 Å². The first-order valence-electron chi connectivity index (χ1n) is 9.62. The Morgan fingerprint density at radius 2 is 2.04 bits per heavy atom. The highest BCUT2D eigenvalue weighted by molar-refractivity contribution is 5.79. The van der Waals surface area contributed by atoms with E-state index in [0.717, 1.165) is 43.7 Å². The zero-order valence-electron chi connectivity index (χ0n) is 15.6. The first-order valence-corrected chi connectivity index (χ1v) is 9.62. The lowest BCUT2D eigenvalue weighted by Gasteiger charge is -2.30. The third-order valence-electron chi connectivity index (χ3n) is 5.23. The van der Waals surface area contributed by atoms with Crippen molar-refractivity contribution < 1.29 is 9.53 Å². The highest BCUT2D eigenvalue weighted by Gasteiger charge is 2.35. The van der Waals surface area contributed by atoms with Crippen molar-refractivity contribution in [2.75, 3.05) is 25.1 Å². The maximum atomic E-state index is 13.0. The molecule has 1 unspecified atom stereocenters. The Labute approximate surface area is 159 Å². The maximum absolute atomic E-state index is 13.0. The summed E-state index contributed by atoms with van der Waals surface area (Å²) >= 11 is 0. The molecule has 0 saturated carbocycles. The van der Waals surface area contributed by atoms with Gasteiger partial charge in [-0.1, -0.05) is 6.07 Å². The number of likely N-dealkylation sites (tertiary alicyclic amines) is 1. The number of hydrogen-bond donors (Lipinski definition) is 1. The number of nitrogens with zero attached hydrogens (tertiary/aromatic N) is 4. The maximum Gasteiger partial charge on any atom is 0.226 e. The van der Waals surface area contributed by atoms with E-state index in [4.69, 9.17) is 4.74 Å². The van der Waals surface area contributed by atoms with Crippen molar-refractivity contribution in [2.45, 2.75) is 38.6 Å². The van der Waals surface area contributed by atoms with Crippen molar-refractivity contribution in [1.82, 2.24) is 19.9 Å². The predicted molar refractivity (Wildman–Crippen MR) is 102 cm³/mol. The minimum atomic E-state index is 0.0197. The average Bonchev–Trinajstić information content (AvgIpc) is 3.18. The topological polar surface area (TPSA) is 80.2 Å². The Morgan fingerprint density at radius 3 is 2.81 bits per heavy atom. The van der Waals surface area contributed by atoms with Crippen LogP contribution in [0.5, 0.6) is 0 Å². The minimum Gasteiger partial charge on any atom is -0.381 e. The summed E-state index contributed by atoms with van der Waals surface area (Å²) in [6.07, 6.45) is 5.32. The van der Waals surface area contributed by atoms with Crippen LogP contribution in [0.25, 0.3) is 0 Å². The van der Waals surface area contributed by atoms with Crippen molar-refractivity contribution in [3.8, 4) is 0 Å². The van der Waals surface area contributed by atoms with Gasteiger partial charge >= 0.3 is 0 Å². The molecule has 0 aliphatic carbocycles. The Morgan fingerprint density at radius 1 is 1.19 bits per heavy atom. The van der Waals surface area contributed by atoms with Crippen LogP contribution in [-0.2, 0) is 9.53 Å². The van der Waals surface area contributed by atoms with Gasteiger partial charge in [0.15, 0.2) is 0 Å². The minimum absolute atomic E-state index is 0.0197. The van der Waals surface area contributed by atoms with Gasteiger partial charge in [-0.2, -0.15) is 0 Å². The quantitative estimate of drug-likeness (QED) is 0.895. The molecule has 2 aromatic rings. The standard InChI is InChI=1S/C20H25N5O2/c1-14-22-16(13-19(23-14)24-18-6-2-3-9-21-18)17-5-4-10-25(17)20(26)15-7-11-27-12-8-15/h2-3,6,9,13,15,17H,4-5,7-8,10-12H2,1H3,(H,21,22,23,24). The fourth-order valence-electron chi connectivity index (χ4n) is 3.91. The number of amides is 1. The van der Waals surface area contributed by atoms with E-state index >= 15 is 0 Å². The lowest BCUT2D eigenvalue weighted by atomic mass is 9.98. The molecule has 2 fully saturated rings. The summed E-state index contributed by atoms with van der Waals surface area (Å²) in [6.45, 7) is 4.04. The highest BCUT2D eigenvalue weighted by Crippen LogP contribution is 2.34. The fourth-order valence-corrected chi connectivity index (χ4v) is 3.91. The fraction of sp³-hybridized carbons (Fsp3) is 0.500. The van der Waals surface area contributed by atoms with Crippen LogP contribution in [0.2, 0.25) is 0 Å². The van der Waals surface area contributed by atoms with Gasteiger partial charge in [-0.25, -0.2) is 15.0 Å². The summed E-state index contributed by atoms with van der Waals surface area (Å²) in [5.41, 5.74) is 0.902. The second-order valence-electron chi connectivity index (χ2n) is 7.14. The Balaban J connectivity index is 1.55. The molecule has 0 radical (unpaired) electrons. The van der Waals surface area contributed by atoms with Gasteiger partial charge in [0, 0.05) is 37.9 Å². The van der Waals surface area contributed by atoms with E-state index in [0.29, 0.717) is 24.9 Å². The van der Waals surface area contributed by atoms with Gasteiger partial charge in [0.1, 0.15) is 17.5 Å². The predicted octanol–water partition coefficient (Wildman–Crippen LogP) is 3.01. The number of carbonyl (C=O) groups excluding carboxylic acids is 1. The molecule has 1 N–H and O–H groups in total. The molecule has 0 aromatic carbocycles. The third kappa shape index (κ3) is 4.08. The summed E-state index contributed by atoms with van der Waals surface area (Å²) < 4.78 is 5.41. The summed E-state index contributed by atoms with van der Waals surface area (Å²) in [7, 11) is 0. The smallest absolute Gasteiger partial charge is 0.226 e. The SMILES string of the molecule is Cc1nc(Nc2ccccn2)cc(C2CCCN2C(=O)C2CCOCC2)n1. The Bertz CT molecular complexity index is 792. The molecule has 2 aromatic heterocycles. The number of aromatic nitrogens is 3. The van der Waals surface area contributed by atoms with E-state index in [2.05, 4.69) is 20.3 Å². The first-order chi connectivity index (χ1) is 13.2. The van der Waals surface area contributed by atoms with E-state index in [-0.39, 0.29) is 17.9 Å². The van der Waals surface area contributed by atoms with E-state index in [9.17, 15) is 4.79 Å². The summed E-state index contributed by atoms with van der Waals surface area (Å²) in [6, 6.07) is 7.66. The number of nitrogens with one attached hydrogen (secondary N) is 1. The number of anilines is 2. The van der Waals surface area contributed by atoms with Crippen molar-refractivity contribution in [2.24, 2.45) is 5.92 Å². The largest absolute Gasteiger partial charge is 0.381 e. The van der Waals surface area contributed by atoms with Gasteiger partial charge < -0.3 is 15.0 Å². The molecule has 4 heterocycles. The molecule has 1 atom stereocenters. The van der Waals surface area contributed by atoms with Gasteiger partial charge in [0.05, 0.1) is 11.7 Å². The van der Waals surface area contributed by atoms with Crippen molar-refractivity contribution in [3.63, 3.8) is 0 Å². The summed E-state index contributed by atoms with van der Waals surface area (Å²) in [5.74, 6) is 2.46. The molecular weight excluding hydrogens is 342 g/mol. The van der Waals surface area contributed by atoms with E-state index in [1.54, 1.807) is 6.20 Å². The summed E-state index contributed by atoms with van der Waals surface area (Å²) in [5, 5.41) is 3.23. The molecule has 7 nitrogen and oxygen atoms in total. The molecule has 0 bridgehead atoms. The molecule has 4 rings (SSSR count). The second-order valence-corrected chi connectivity index (χ2v) is 7.14. The monoisotopic (exact) mass is 367 g/mol. The number of carbonyl (C=O) groups is 1. The number of rotatable bonds is 4. The molecule has 1 amide bonds. The number of ether oxygens (including phenoxy) is 1. The van der Waals surface area contributed by atoms with Crippen LogP contribution in [-0.4, -0.2) is 45.5 Å². The van der Waals surface area contributed by atoms with Gasteiger partial charge in [0.25, 0.3) is 0 Å². The van der Waals surface area contributed by atoms with Crippen LogP contribution >= 0.6 is 0 Å². The summed E-state index contributed by atoms with van der Waals surface area (Å²) in [4.78, 5) is 28.5.